The maximum atomic E-state index is 12.9. The molecule has 0 radical (unpaired) electrons. The van der Waals surface area contributed by atoms with E-state index in [-0.39, 0.29) is 12.1 Å². The summed E-state index contributed by atoms with van der Waals surface area (Å²) in [6.45, 7) is 9.14. The molecule has 4 rings (SSSR count). The fraction of sp³-hybridized carbons (Fsp3) is 0.417. The van der Waals surface area contributed by atoms with Crippen LogP contribution in [-0.4, -0.2) is 46.7 Å². The van der Waals surface area contributed by atoms with E-state index in [1.54, 1.807) is 12.0 Å². The Hall–Kier alpha value is -3.06. The SMILES string of the molecule is CCN(CC)C(=O)O[C@@H]1[C@@H](c2ccccc2)Nc2c(ccn3c(C)c(C)nc23)[C@H]1OC. The molecular formula is C24H30N4O3. The van der Waals surface area contributed by atoms with Gasteiger partial charge in [0.1, 0.15) is 6.10 Å². The van der Waals surface area contributed by atoms with E-state index in [9.17, 15) is 4.79 Å². The Labute approximate surface area is 183 Å². The highest BCUT2D eigenvalue weighted by molar-refractivity contribution is 5.76. The highest BCUT2D eigenvalue weighted by Gasteiger charge is 2.42. The van der Waals surface area contributed by atoms with Crippen molar-refractivity contribution in [2.75, 3.05) is 25.5 Å². The molecule has 7 heteroatoms. The average Bonchev–Trinajstić information content (AvgIpc) is 3.08. The number of anilines is 1. The van der Waals surface area contributed by atoms with Gasteiger partial charge in [-0.1, -0.05) is 30.3 Å². The van der Waals surface area contributed by atoms with E-state index < -0.39 is 12.2 Å². The van der Waals surface area contributed by atoms with Crippen LogP contribution in [0.1, 0.15) is 48.5 Å². The number of hydrogen-bond donors (Lipinski definition) is 1. The molecule has 1 aliphatic heterocycles. The van der Waals surface area contributed by atoms with E-state index in [4.69, 9.17) is 14.5 Å². The van der Waals surface area contributed by atoms with Gasteiger partial charge >= 0.3 is 6.09 Å². The Kier molecular flexibility index (Phi) is 5.87. The summed E-state index contributed by atoms with van der Waals surface area (Å²) < 4.78 is 14.1. The summed E-state index contributed by atoms with van der Waals surface area (Å²) in [6, 6.07) is 11.8. The van der Waals surface area contributed by atoms with E-state index in [1.807, 2.05) is 63.4 Å². The van der Waals surface area contributed by atoms with Crippen LogP contribution in [0.2, 0.25) is 0 Å². The minimum Gasteiger partial charge on any atom is -0.440 e. The highest BCUT2D eigenvalue weighted by atomic mass is 16.6. The van der Waals surface area contributed by atoms with Crippen LogP contribution in [0.4, 0.5) is 10.5 Å². The molecule has 0 aliphatic carbocycles. The number of amides is 1. The van der Waals surface area contributed by atoms with Gasteiger partial charge in [0, 0.05) is 37.7 Å². The summed E-state index contributed by atoms with van der Waals surface area (Å²) >= 11 is 0. The molecule has 0 unspecified atom stereocenters. The summed E-state index contributed by atoms with van der Waals surface area (Å²) in [5.41, 5.74) is 5.80. The first-order chi connectivity index (χ1) is 15.0. The third kappa shape index (κ3) is 3.63. The van der Waals surface area contributed by atoms with Crippen molar-refractivity contribution >= 4 is 17.4 Å². The molecule has 7 nitrogen and oxygen atoms in total. The van der Waals surface area contributed by atoms with E-state index in [1.165, 1.54) is 0 Å². The number of imidazole rings is 1. The molecule has 1 aliphatic rings. The number of pyridine rings is 1. The Bertz CT molecular complexity index is 1080. The van der Waals surface area contributed by atoms with E-state index in [0.29, 0.717) is 13.1 Å². The van der Waals surface area contributed by atoms with Crippen LogP contribution < -0.4 is 5.32 Å². The molecule has 0 saturated carbocycles. The van der Waals surface area contributed by atoms with Crippen LogP contribution in [0.25, 0.3) is 5.65 Å². The van der Waals surface area contributed by atoms with Crippen LogP contribution in [0.3, 0.4) is 0 Å². The largest absolute Gasteiger partial charge is 0.440 e. The predicted molar refractivity (Wildman–Crippen MR) is 120 cm³/mol. The monoisotopic (exact) mass is 422 g/mol. The summed E-state index contributed by atoms with van der Waals surface area (Å²) in [7, 11) is 1.66. The fourth-order valence-corrected chi connectivity index (χ4v) is 4.32. The van der Waals surface area contributed by atoms with Gasteiger partial charge in [-0.3, -0.25) is 0 Å². The summed E-state index contributed by atoms with van der Waals surface area (Å²) in [5.74, 6) is 0. The molecule has 0 bridgehead atoms. The number of nitrogens with zero attached hydrogens (tertiary/aromatic N) is 3. The number of nitrogens with one attached hydrogen (secondary N) is 1. The summed E-state index contributed by atoms with van der Waals surface area (Å²) in [6.07, 6.45) is 0.705. The van der Waals surface area contributed by atoms with Crippen molar-refractivity contribution in [3.8, 4) is 0 Å². The average molecular weight is 423 g/mol. The van der Waals surface area contributed by atoms with Crippen molar-refractivity contribution in [3.05, 3.63) is 65.1 Å². The lowest BCUT2D eigenvalue weighted by Gasteiger charge is -2.40. The lowest BCUT2D eigenvalue weighted by atomic mass is 9.88. The molecule has 3 aromatic rings. The smallest absolute Gasteiger partial charge is 0.410 e. The number of ether oxygens (including phenoxy) is 2. The van der Waals surface area contributed by atoms with Gasteiger partial charge in [0.15, 0.2) is 11.8 Å². The van der Waals surface area contributed by atoms with E-state index >= 15 is 0 Å². The molecule has 31 heavy (non-hydrogen) atoms. The van der Waals surface area contributed by atoms with Gasteiger partial charge in [0.25, 0.3) is 0 Å². The van der Waals surface area contributed by atoms with E-state index in [0.717, 1.165) is 33.8 Å². The summed E-state index contributed by atoms with van der Waals surface area (Å²) in [4.78, 5) is 19.4. The molecular weight excluding hydrogens is 392 g/mol. The van der Waals surface area contributed by atoms with Crippen molar-refractivity contribution in [1.29, 1.82) is 0 Å². The zero-order valence-electron chi connectivity index (χ0n) is 18.8. The maximum absolute atomic E-state index is 12.9. The number of benzene rings is 1. The quantitative estimate of drug-likeness (QED) is 0.648. The van der Waals surface area contributed by atoms with Crippen molar-refractivity contribution in [3.63, 3.8) is 0 Å². The van der Waals surface area contributed by atoms with Gasteiger partial charge in [0.05, 0.1) is 17.4 Å². The zero-order valence-corrected chi connectivity index (χ0v) is 18.8. The molecule has 3 heterocycles. The maximum Gasteiger partial charge on any atom is 0.410 e. The second-order valence-electron chi connectivity index (χ2n) is 7.83. The van der Waals surface area contributed by atoms with Gasteiger partial charge in [-0.05, 0) is 39.3 Å². The number of hydrogen-bond acceptors (Lipinski definition) is 5. The van der Waals surface area contributed by atoms with Gasteiger partial charge in [-0.15, -0.1) is 0 Å². The predicted octanol–water partition coefficient (Wildman–Crippen LogP) is 4.65. The molecule has 0 fully saturated rings. The standard InChI is InChI=1S/C24H30N4O3/c1-6-27(7-2)24(29)31-22-19(17-11-9-8-10-12-17)26-20-18(21(22)30-5)13-14-28-16(4)15(3)25-23(20)28/h8-14,19,21-22,26H,6-7H2,1-5H3/t19-,21-,22-/m1/s1. The molecule has 1 aromatic carbocycles. The third-order valence-corrected chi connectivity index (χ3v) is 6.21. The van der Waals surface area contributed by atoms with Gasteiger partial charge in [0.2, 0.25) is 0 Å². The lowest BCUT2D eigenvalue weighted by molar-refractivity contribution is -0.0455. The molecule has 0 spiro atoms. The number of fused-ring (bicyclic) bond motifs is 3. The van der Waals surface area contributed by atoms with Gasteiger partial charge in [-0.25, -0.2) is 9.78 Å². The third-order valence-electron chi connectivity index (χ3n) is 6.21. The van der Waals surface area contributed by atoms with Crippen molar-refractivity contribution in [2.45, 2.75) is 45.9 Å². The second-order valence-corrected chi connectivity index (χ2v) is 7.83. The van der Waals surface area contributed by atoms with Gasteiger partial charge in [-0.2, -0.15) is 0 Å². The Morgan fingerprint density at radius 1 is 1.16 bits per heavy atom. The Morgan fingerprint density at radius 2 is 1.87 bits per heavy atom. The molecule has 0 saturated heterocycles. The number of carbonyl (C=O) groups excluding carboxylic acids is 1. The first-order valence-corrected chi connectivity index (χ1v) is 10.8. The van der Waals surface area contributed by atoms with Crippen LogP contribution in [0.15, 0.2) is 42.6 Å². The van der Waals surface area contributed by atoms with E-state index in [2.05, 4.69) is 16.6 Å². The minimum atomic E-state index is -0.535. The fourth-order valence-electron chi connectivity index (χ4n) is 4.32. The van der Waals surface area contributed by atoms with Crippen molar-refractivity contribution in [1.82, 2.24) is 14.3 Å². The van der Waals surface area contributed by atoms with Gasteiger partial charge < -0.3 is 24.1 Å². The zero-order chi connectivity index (χ0) is 22.1. The van der Waals surface area contributed by atoms with Crippen molar-refractivity contribution in [2.24, 2.45) is 0 Å². The van der Waals surface area contributed by atoms with Crippen LogP contribution in [0.5, 0.6) is 0 Å². The Morgan fingerprint density at radius 3 is 2.52 bits per heavy atom. The molecule has 1 N–H and O–H groups in total. The summed E-state index contributed by atoms with van der Waals surface area (Å²) in [5, 5.41) is 3.63. The number of carbonyl (C=O) groups is 1. The number of aryl methyl sites for hydroxylation is 2. The first-order valence-electron chi connectivity index (χ1n) is 10.8. The molecule has 164 valence electrons. The number of methoxy groups -OCH3 is 1. The van der Waals surface area contributed by atoms with Crippen molar-refractivity contribution < 1.29 is 14.3 Å². The first kappa shape index (κ1) is 21.2. The molecule has 3 atom stereocenters. The minimum absolute atomic E-state index is 0.276. The van der Waals surface area contributed by atoms with Crippen LogP contribution in [-0.2, 0) is 9.47 Å². The Balaban J connectivity index is 1.84. The normalized spacial score (nSPS) is 20.2. The highest BCUT2D eigenvalue weighted by Crippen LogP contribution is 2.44. The topological polar surface area (TPSA) is 68.1 Å². The number of rotatable bonds is 5. The van der Waals surface area contributed by atoms with Crippen LogP contribution in [0, 0.1) is 13.8 Å². The lowest BCUT2D eigenvalue weighted by Crippen LogP contribution is -2.43. The molecule has 2 aromatic heterocycles. The molecule has 1 amide bonds. The van der Waals surface area contributed by atoms with Crippen LogP contribution >= 0.6 is 0 Å². The number of aromatic nitrogens is 2. The second kappa shape index (κ2) is 8.59.